The molecular weight excluding hydrogens is 325 g/mol. The summed E-state index contributed by atoms with van der Waals surface area (Å²) in [6.07, 6.45) is 2.63. The number of para-hydroxylation sites is 1. The molecule has 132 valence electrons. The van der Waals surface area contributed by atoms with Crippen molar-refractivity contribution in [1.82, 2.24) is 14.7 Å². The lowest BCUT2D eigenvalue weighted by Gasteiger charge is -2.30. The standard InChI is InChI=1S/C18H20FN3O3/c1-12-14(11-20-22(12)16-6-4-3-5-15(16)19)17(23)21-9-7-13(8-10-21)18(24)25-2/h3-6,11,13H,7-10H2,1-2H3. The zero-order valence-electron chi connectivity index (χ0n) is 14.2. The van der Waals surface area contributed by atoms with E-state index in [1.807, 2.05) is 0 Å². The fourth-order valence-corrected chi connectivity index (χ4v) is 3.14. The molecular formula is C18H20FN3O3. The van der Waals surface area contributed by atoms with Gasteiger partial charge in [-0.3, -0.25) is 9.59 Å². The van der Waals surface area contributed by atoms with Crippen LogP contribution in [0.15, 0.2) is 30.5 Å². The molecule has 0 spiro atoms. The average molecular weight is 345 g/mol. The lowest BCUT2D eigenvalue weighted by molar-refractivity contribution is -0.146. The average Bonchev–Trinajstić information content (AvgIpc) is 3.02. The molecule has 1 aromatic carbocycles. The van der Waals surface area contributed by atoms with E-state index in [0.717, 1.165) is 0 Å². The number of carbonyl (C=O) groups excluding carboxylic acids is 2. The van der Waals surface area contributed by atoms with E-state index in [1.165, 1.54) is 24.1 Å². The summed E-state index contributed by atoms with van der Waals surface area (Å²) in [5.74, 6) is -0.929. The van der Waals surface area contributed by atoms with E-state index in [1.54, 1.807) is 30.0 Å². The largest absolute Gasteiger partial charge is 0.469 e. The number of ether oxygens (including phenoxy) is 1. The van der Waals surface area contributed by atoms with Gasteiger partial charge in [0.15, 0.2) is 0 Å². The predicted octanol–water partition coefficient (Wildman–Crippen LogP) is 2.35. The minimum atomic E-state index is -0.397. The maximum absolute atomic E-state index is 14.0. The number of rotatable bonds is 3. The van der Waals surface area contributed by atoms with E-state index in [0.29, 0.717) is 42.9 Å². The van der Waals surface area contributed by atoms with Crippen molar-refractivity contribution in [3.63, 3.8) is 0 Å². The van der Waals surface area contributed by atoms with E-state index in [-0.39, 0.29) is 17.8 Å². The predicted molar refractivity (Wildman–Crippen MR) is 88.9 cm³/mol. The molecule has 0 aliphatic carbocycles. The first-order valence-corrected chi connectivity index (χ1v) is 8.19. The highest BCUT2D eigenvalue weighted by atomic mass is 19.1. The Morgan fingerprint density at radius 3 is 2.56 bits per heavy atom. The summed E-state index contributed by atoms with van der Waals surface area (Å²) < 4.78 is 20.2. The Labute approximate surface area is 145 Å². The van der Waals surface area contributed by atoms with Crippen LogP contribution >= 0.6 is 0 Å². The Hall–Kier alpha value is -2.70. The first-order valence-electron chi connectivity index (χ1n) is 8.19. The van der Waals surface area contributed by atoms with Crippen molar-refractivity contribution < 1.29 is 18.7 Å². The molecule has 0 radical (unpaired) electrons. The zero-order valence-corrected chi connectivity index (χ0v) is 14.2. The monoisotopic (exact) mass is 345 g/mol. The number of benzene rings is 1. The molecule has 1 aliphatic rings. The number of halogens is 1. The first-order chi connectivity index (χ1) is 12.0. The van der Waals surface area contributed by atoms with Gasteiger partial charge in [0, 0.05) is 13.1 Å². The number of piperidine rings is 1. The van der Waals surface area contributed by atoms with Crippen molar-refractivity contribution in [1.29, 1.82) is 0 Å². The van der Waals surface area contributed by atoms with Crippen molar-refractivity contribution in [3.8, 4) is 5.69 Å². The summed E-state index contributed by atoms with van der Waals surface area (Å²) in [4.78, 5) is 26.0. The number of aromatic nitrogens is 2. The maximum Gasteiger partial charge on any atom is 0.308 e. The van der Waals surface area contributed by atoms with Gasteiger partial charge in [0.05, 0.1) is 30.5 Å². The van der Waals surface area contributed by atoms with Gasteiger partial charge in [0.2, 0.25) is 0 Å². The molecule has 1 saturated heterocycles. The van der Waals surface area contributed by atoms with Crippen molar-refractivity contribution in [2.45, 2.75) is 19.8 Å². The third kappa shape index (κ3) is 3.26. The molecule has 0 unspecified atom stereocenters. The summed E-state index contributed by atoms with van der Waals surface area (Å²) in [5.41, 5.74) is 1.34. The third-order valence-corrected chi connectivity index (χ3v) is 4.64. The second-order valence-corrected chi connectivity index (χ2v) is 6.10. The van der Waals surface area contributed by atoms with Crippen LogP contribution in [0.1, 0.15) is 28.9 Å². The van der Waals surface area contributed by atoms with Crippen LogP contribution in [0.3, 0.4) is 0 Å². The van der Waals surface area contributed by atoms with Crippen LogP contribution in [0.5, 0.6) is 0 Å². The van der Waals surface area contributed by atoms with Crippen molar-refractivity contribution >= 4 is 11.9 Å². The van der Waals surface area contributed by atoms with Gasteiger partial charge in [-0.05, 0) is 31.9 Å². The Morgan fingerprint density at radius 1 is 1.24 bits per heavy atom. The van der Waals surface area contributed by atoms with Crippen LogP contribution in [-0.2, 0) is 9.53 Å². The van der Waals surface area contributed by atoms with Gasteiger partial charge in [0.1, 0.15) is 11.5 Å². The summed E-state index contributed by atoms with van der Waals surface area (Å²) in [5, 5.41) is 4.17. The normalized spacial score (nSPS) is 15.2. The number of hydrogen-bond donors (Lipinski definition) is 0. The first kappa shape index (κ1) is 17.1. The fourth-order valence-electron chi connectivity index (χ4n) is 3.14. The molecule has 2 aromatic rings. The molecule has 3 rings (SSSR count). The highest BCUT2D eigenvalue weighted by Gasteiger charge is 2.29. The molecule has 1 fully saturated rings. The molecule has 0 N–H and O–H groups in total. The zero-order chi connectivity index (χ0) is 18.0. The highest BCUT2D eigenvalue weighted by molar-refractivity contribution is 5.95. The molecule has 1 aliphatic heterocycles. The van der Waals surface area contributed by atoms with Crippen LogP contribution in [0.25, 0.3) is 5.69 Å². The smallest absolute Gasteiger partial charge is 0.308 e. The highest BCUT2D eigenvalue weighted by Crippen LogP contribution is 2.22. The van der Waals surface area contributed by atoms with E-state index < -0.39 is 5.82 Å². The van der Waals surface area contributed by atoms with Crippen molar-refractivity contribution in [3.05, 3.63) is 47.5 Å². The van der Waals surface area contributed by atoms with Gasteiger partial charge in [-0.1, -0.05) is 12.1 Å². The maximum atomic E-state index is 14.0. The fraction of sp³-hybridized carbons (Fsp3) is 0.389. The van der Waals surface area contributed by atoms with E-state index in [4.69, 9.17) is 4.74 Å². The second-order valence-electron chi connectivity index (χ2n) is 6.10. The van der Waals surface area contributed by atoms with E-state index in [9.17, 15) is 14.0 Å². The number of carbonyl (C=O) groups is 2. The molecule has 0 bridgehead atoms. The molecule has 0 atom stereocenters. The topological polar surface area (TPSA) is 64.4 Å². The molecule has 25 heavy (non-hydrogen) atoms. The minimum absolute atomic E-state index is 0.150. The SMILES string of the molecule is COC(=O)C1CCN(C(=O)c2cnn(-c3ccccc3F)c2C)CC1. The van der Waals surface area contributed by atoms with Gasteiger partial charge in [-0.15, -0.1) is 0 Å². The Kier molecular flexibility index (Phi) is 4.83. The number of esters is 1. The van der Waals surface area contributed by atoms with E-state index >= 15 is 0 Å². The lowest BCUT2D eigenvalue weighted by Crippen LogP contribution is -2.40. The van der Waals surface area contributed by atoms with E-state index in [2.05, 4.69) is 5.10 Å². The Bertz CT molecular complexity index is 795. The van der Waals surface area contributed by atoms with Crippen molar-refractivity contribution in [2.75, 3.05) is 20.2 Å². The molecule has 0 saturated carbocycles. The second kappa shape index (κ2) is 7.04. The molecule has 1 aromatic heterocycles. The summed E-state index contributed by atoms with van der Waals surface area (Å²) in [7, 11) is 1.38. The van der Waals surface area contributed by atoms with Crippen LogP contribution < -0.4 is 0 Å². The number of amides is 1. The molecule has 1 amide bonds. The van der Waals surface area contributed by atoms with Crippen LogP contribution in [-0.4, -0.2) is 46.8 Å². The number of hydrogen-bond acceptors (Lipinski definition) is 4. The summed E-state index contributed by atoms with van der Waals surface area (Å²) in [6, 6.07) is 6.30. The third-order valence-electron chi connectivity index (χ3n) is 4.64. The Balaban J connectivity index is 1.76. The number of methoxy groups -OCH3 is 1. The van der Waals surface area contributed by atoms with Crippen molar-refractivity contribution in [2.24, 2.45) is 5.92 Å². The lowest BCUT2D eigenvalue weighted by atomic mass is 9.96. The summed E-state index contributed by atoms with van der Waals surface area (Å²) in [6.45, 7) is 2.72. The van der Waals surface area contributed by atoms with Crippen LogP contribution in [0, 0.1) is 18.7 Å². The van der Waals surface area contributed by atoms with Crippen LogP contribution in [0.4, 0.5) is 4.39 Å². The minimum Gasteiger partial charge on any atom is -0.469 e. The molecule has 7 heteroatoms. The van der Waals surface area contributed by atoms with Gasteiger partial charge >= 0.3 is 5.97 Å². The quantitative estimate of drug-likeness (QED) is 0.801. The van der Waals surface area contributed by atoms with Gasteiger partial charge in [0.25, 0.3) is 5.91 Å². The van der Waals surface area contributed by atoms with Gasteiger partial charge in [-0.2, -0.15) is 5.10 Å². The van der Waals surface area contributed by atoms with Gasteiger partial charge in [-0.25, -0.2) is 9.07 Å². The Morgan fingerprint density at radius 2 is 1.92 bits per heavy atom. The van der Waals surface area contributed by atoms with Gasteiger partial charge < -0.3 is 9.64 Å². The number of nitrogens with zero attached hydrogens (tertiary/aromatic N) is 3. The number of likely N-dealkylation sites (tertiary alicyclic amines) is 1. The molecule has 2 heterocycles. The summed E-state index contributed by atoms with van der Waals surface area (Å²) >= 11 is 0. The molecule has 6 nitrogen and oxygen atoms in total. The van der Waals surface area contributed by atoms with Crippen LogP contribution in [0.2, 0.25) is 0 Å².